The molecular formula is C7H5Cl2NO3. The molecular weight excluding hydrogens is 217 g/mol. The summed E-state index contributed by atoms with van der Waals surface area (Å²) in [4.78, 5) is 10.6. The molecule has 4 N–H and O–H groups in total. The number of phenols is 1. The van der Waals surface area contributed by atoms with Crippen molar-refractivity contribution in [3.05, 3.63) is 21.7 Å². The summed E-state index contributed by atoms with van der Waals surface area (Å²) in [5.74, 6) is -1.78. The van der Waals surface area contributed by atoms with E-state index in [1.807, 2.05) is 0 Å². The molecule has 1 aromatic carbocycles. The number of carboxylic acids is 1. The Balaban J connectivity index is 3.53. The third kappa shape index (κ3) is 1.64. The van der Waals surface area contributed by atoms with Gasteiger partial charge in [0.15, 0.2) is 5.75 Å². The molecule has 4 nitrogen and oxygen atoms in total. The lowest BCUT2D eigenvalue weighted by Crippen LogP contribution is -2.03. The number of hydrogen-bond donors (Lipinski definition) is 3. The zero-order valence-electron chi connectivity index (χ0n) is 6.21. The van der Waals surface area contributed by atoms with E-state index in [4.69, 9.17) is 34.0 Å². The van der Waals surface area contributed by atoms with Crippen LogP contribution in [0.25, 0.3) is 0 Å². The molecule has 0 saturated carbocycles. The fourth-order valence-corrected chi connectivity index (χ4v) is 1.40. The summed E-state index contributed by atoms with van der Waals surface area (Å²) < 4.78 is 0. The molecule has 13 heavy (non-hydrogen) atoms. The zero-order chi connectivity index (χ0) is 10.2. The van der Waals surface area contributed by atoms with Crippen molar-refractivity contribution in [3.63, 3.8) is 0 Å². The standard InChI is InChI=1S/C7H5Cl2NO3/c8-2-1-3(9)6(11)5(10)4(2)7(12)13/h1,11H,10H2,(H,12,13). The van der Waals surface area contributed by atoms with Gasteiger partial charge in [-0.2, -0.15) is 0 Å². The van der Waals surface area contributed by atoms with Crippen LogP contribution >= 0.6 is 23.2 Å². The topological polar surface area (TPSA) is 83.5 Å². The molecule has 0 aliphatic heterocycles. The van der Waals surface area contributed by atoms with Crippen molar-refractivity contribution in [1.29, 1.82) is 0 Å². The molecule has 0 spiro atoms. The van der Waals surface area contributed by atoms with Gasteiger partial charge in [0.2, 0.25) is 0 Å². The highest BCUT2D eigenvalue weighted by atomic mass is 35.5. The number of anilines is 1. The molecule has 0 fully saturated rings. The smallest absolute Gasteiger partial charge is 0.339 e. The number of carboxylic acid groups (broad SMARTS) is 1. The van der Waals surface area contributed by atoms with E-state index in [0.717, 1.165) is 6.07 Å². The Morgan fingerprint density at radius 2 is 1.92 bits per heavy atom. The van der Waals surface area contributed by atoms with Gasteiger partial charge in [0.25, 0.3) is 0 Å². The highest BCUT2D eigenvalue weighted by Gasteiger charge is 2.18. The van der Waals surface area contributed by atoms with Gasteiger partial charge in [-0.25, -0.2) is 4.79 Å². The Bertz CT molecular complexity index is 378. The molecule has 0 atom stereocenters. The van der Waals surface area contributed by atoms with E-state index in [-0.39, 0.29) is 21.3 Å². The molecule has 0 saturated heterocycles. The molecule has 0 bridgehead atoms. The van der Waals surface area contributed by atoms with Gasteiger partial charge >= 0.3 is 5.97 Å². The fourth-order valence-electron chi connectivity index (χ4n) is 0.845. The van der Waals surface area contributed by atoms with Crippen molar-refractivity contribution in [3.8, 4) is 5.75 Å². The van der Waals surface area contributed by atoms with Crippen LogP contribution in [0.15, 0.2) is 6.07 Å². The van der Waals surface area contributed by atoms with Gasteiger partial charge in [-0.05, 0) is 6.07 Å². The first kappa shape index (κ1) is 9.95. The highest BCUT2D eigenvalue weighted by molar-refractivity contribution is 6.38. The first-order valence-electron chi connectivity index (χ1n) is 3.15. The van der Waals surface area contributed by atoms with Gasteiger partial charge in [-0.3, -0.25) is 0 Å². The van der Waals surface area contributed by atoms with Crippen molar-refractivity contribution >= 4 is 34.9 Å². The van der Waals surface area contributed by atoms with Gasteiger partial charge in [0, 0.05) is 0 Å². The van der Waals surface area contributed by atoms with Gasteiger partial charge < -0.3 is 15.9 Å². The first-order chi connectivity index (χ1) is 5.95. The molecule has 0 aromatic heterocycles. The van der Waals surface area contributed by atoms with Gasteiger partial charge in [0.05, 0.1) is 15.7 Å². The first-order valence-corrected chi connectivity index (χ1v) is 3.90. The van der Waals surface area contributed by atoms with Gasteiger partial charge in [-0.15, -0.1) is 0 Å². The number of benzene rings is 1. The average Bonchev–Trinajstić information content (AvgIpc) is 1.99. The van der Waals surface area contributed by atoms with Crippen LogP contribution in [-0.2, 0) is 0 Å². The molecule has 6 heteroatoms. The van der Waals surface area contributed by atoms with Crippen LogP contribution in [0.4, 0.5) is 5.69 Å². The SMILES string of the molecule is Nc1c(O)c(Cl)cc(Cl)c1C(=O)O. The molecule has 0 amide bonds. The van der Waals surface area contributed by atoms with Crippen molar-refractivity contribution in [2.75, 3.05) is 5.73 Å². The minimum atomic E-state index is -1.31. The lowest BCUT2D eigenvalue weighted by atomic mass is 10.1. The maximum atomic E-state index is 10.6. The second-order valence-corrected chi connectivity index (χ2v) is 3.10. The lowest BCUT2D eigenvalue weighted by Gasteiger charge is -2.06. The molecule has 0 radical (unpaired) electrons. The normalized spacial score (nSPS) is 10.0. The molecule has 1 aromatic rings. The van der Waals surface area contributed by atoms with Crippen molar-refractivity contribution in [2.24, 2.45) is 0 Å². The maximum Gasteiger partial charge on any atom is 0.339 e. The predicted octanol–water partition coefficient (Wildman–Crippen LogP) is 1.98. The number of hydrogen-bond acceptors (Lipinski definition) is 3. The minimum Gasteiger partial charge on any atom is -0.504 e. The fraction of sp³-hybridized carbons (Fsp3) is 0. The summed E-state index contributed by atoms with van der Waals surface area (Å²) in [6.07, 6.45) is 0. The monoisotopic (exact) mass is 221 g/mol. The molecule has 0 unspecified atom stereocenters. The minimum absolute atomic E-state index is 0.0764. The van der Waals surface area contributed by atoms with E-state index < -0.39 is 11.7 Å². The average molecular weight is 222 g/mol. The van der Waals surface area contributed by atoms with Crippen LogP contribution in [-0.4, -0.2) is 16.2 Å². The third-order valence-electron chi connectivity index (χ3n) is 1.46. The molecule has 0 heterocycles. The Morgan fingerprint density at radius 3 is 2.38 bits per heavy atom. The Hall–Kier alpha value is -1.13. The number of rotatable bonds is 1. The molecule has 0 aliphatic rings. The summed E-state index contributed by atoms with van der Waals surface area (Å²) in [6, 6.07) is 1.12. The Labute approximate surface area is 83.5 Å². The van der Waals surface area contributed by atoms with Crippen LogP contribution in [0.3, 0.4) is 0 Å². The predicted molar refractivity (Wildman–Crippen MR) is 49.5 cm³/mol. The Kier molecular flexibility index (Phi) is 2.54. The maximum absolute atomic E-state index is 10.6. The van der Waals surface area contributed by atoms with Crippen LogP contribution in [0, 0.1) is 0 Å². The van der Waals surface area contributed by atoms with Crippen LogP contribution in [0.5, 0.6) is 5.75 Å². The number of carbonyl (C=O) groups is 1. The largest absolute Gasteiger partial charge is 0.504 e. The van der Waals surface area contributed by atoms with Crippen LogP contribution < -0.4 is 5.73 Å². The quantitative estimate of drug-likeness (QED) is 0.501. The van der Waals surface area contributed by atoms with E-state index in [2.05, 4.69) is 0 Å². The highest BCUT2D eigenvalue weighted by Crippen LogP contribution is 2.37. The zero-order valence-corrected chi connectivity index (χ0v) is 7.73. The Morgan fingerprint density at radius 1 is 1.38 bits per heavy atom. The number of halogens is 2. The summed E-state index contributed by atoms with van der Waals surface area (Å²) >= 11 is 11.0. The van der Waals surface area contributed by atoms with E-state index in [0.29, 0.717) is 0 Å². The summed E-state index contributed by atoms with van der Waals surface area (Å²) in [6.45, 7) is 0. The number of nitrogen functional groups attached to an aromatic ring is 1. The van der Waals surface area contributed by atoms with E-state index >= 15 is 0 Å². The van der Waals surface area contributed by atoms with E-state index in [1.165, 1.54) is 0 Å². The van der Waals surface area contributed by atoms with Crippen molar-refractivity contribution in [1.82, 2.24) is 0 Å². The van der Waals surface area contributed by atoms with Gasteiger partial charge in [-0.1, -0.05) is 23.2 Å². The van der Waals surface area contributed by atoms with Crippen molar-refractivity contribution < 1.29 is 15.0 Å². The number of phenolic OH excluding ortho intramolecular Hbond substituents is 1. The molecule has 1 rings (SSSR count). The molecule has 70 valence electrons. The number of nitrogens with two attached hydrogens (primary N) is 1. The van der Waals surface area contributed by atoms with Crippen molar-refractivity contribution in [2.45, 2.75) is 0 Å². The van der Waals surface area contributed by atoms with E-state index in [1.54, 1.807) is 0 Å². The van der Waals surface area contributed by atoms with Crippen LogP contribution in [0.2, 0.25) is 10.0 Å². The second-order valence-electron chi connectivity index (χ2n) is 2.28. The summed E-state index contributed by atoms with van der Waals surface area (Å²) in [5.41, 5.74) is 4.61. The number of aromatic carboxylic acids is 1. The van der Waals surface area contributed by atoms with Crippen LogP contribution in [0.1, 0.15) is 10.4 Å². The lowest BCUT2D eigenvalue weighted by molar-refractivity contribution is 0.0698. The summed E-state index contributed by atoms with van der Waals surface area (Å²) in [5, 5.41) is 17.6. The number of aromatic hydroxyl groups is 1. The third-order valence-corrected chi connectivity index (χ3v) is 2.04. The summed E-state index contributed by atoms with van der Waals surface area (Å²) in [7, 11) is 0. The van der Waals surface area contributed by atoms with Gasteiger partial charge in [0.1, 0.15) is 5.56 Å². The van der Waals surface area contributed by atoms with E-state index in [9.17, 15) is 9.90 Å². The second kappa shape index (κ2) is 3.32. The molecule has 0 aliphatic carbocycles.